The average molecular weight is 223 g/mol. The van der Waals surface area contributed by atoms with Crippen LogP contribution in [0.15, 0.2) is 11.6 Å². The highest BCUT2D eigenvalue weighted by Crippen LogP contribution is 2.41. The molecule has 0 aromatic carbocycles. The Bertz CT molecular complexity index is 294. The normalized spacial score (nSPS) is 43.9. The first-order valence-electron chi connectivity index (χ1n) is 6.45. The largest absolute Gasteiger partial charge is 0.378 e. The standard InChI is InChI=1S/C13H21NO2/c14-12-2-1-10(7-12)11-3-5-16-13(8-11)4-6-15-9-13/h7,11-12H,1-6,8-9,14H2. The van der Waals surface area contributed by atoms with E-state index in [-0.39, 0.29) is 5.60 Å². The van der Waals surface area contributed by atoms with Gasteiger partial charge in [0.2, 0.25) is 0 Å². The second kappa shape index (κ2) is 4.13. The van der Waals surface area contributed by atoms with Gasteiger partial charge in [0.05, 0.1) is 12.2 Å². The third kappa shape index (κ3) is 1.92. The van der Waals surface area contributed by atoms with E-state index in [1.54, 1.807) is 5.57 Å². The molecule has 0 saturated carbocycles. The third-order valence-corrected chi connectivity index (χ3v) is 4.28. The Morgan fingerprint density at radius 3 is 2.94 bits per heavy atom. The quantitative estimate of drug-likeness (QED) is 0.687. The van der Waals surface area contributed by atoms with Crippen LogP contribution in [0.25, 0.3) is 0 Å². The summed E-state index contributed by atoms with van der Waals surface area (Å²) in [7, 11) is 0. The molecule has 2 heterocycles. The number of allylic oxidation sites excluding steroid dienone is 1. The minimum absolute atomic E-state index is 0.0381. The van der Waals surface area contributed by atoms with Gasteiger partial charge in [0.15, 0.2) is 0 Å². The van der Waals surface area contributed by atoms with Crippen LogP contribution in [0.5, 0.6) is 0 Å². The molecule has 2 fully saturated rings. The predicted molar refractivity (Wildman–Crippen MR) is 62.1 cm³/mol. The van der Waals surface area contributed by atoms with Gasteiger partial charge in [-0.3, -0.25) is 0 Å². The van der Waals surface area contributed by atoms with E-state index in [1.807, 2.05) is 0 Å². The van der Waals surface area contributed by atoms with Gasteiger partial charge in [-0.05, 0) is 31.6 Å². The van der Waals surface area contributed by atoms with Gasteiger partial charge in [-0.1, -0.05) is 11.6 Å². The maximum atomic E-state index is 5.96. The van der Waals surface area contributed by atoms with Crippen molar-refractivity contribution in [3.63, 3.8) is 0 Å². The molecule has 0 aromatic heterocycles. The molecule has 3 rings (SSSR count). The summed E-state index contributed by atoms with van der Waals surface area (Å²) in [4.78, 5) is 0. The lowest BCUT2D eigenvalue weighted by atomic mass is 9.81. The van der Waals surface area contributed by atoms with E-state index in [0.29, 0.717) is 12.0 Å². The highest BCUT2D eigenvalue weighted by molar-refractivity contribution is 5.18. The molecule has 90 valence electrons. The maximum absolute atomic E-state index is 5.96. The van der Waals surface area contributed by atoms with Crippen molar-refractivity contribution in [3.8, 4) is 0 Å². The molecule has 3 aliphatic rings. The Morgan fingerprint density at radius 2 is 2.25 bits per heavy atom. The zero-order valence-corrected chi connectivity index (χ0v) is 9.78. The Labute approximate surface area is 97.0 Å². The summed E-state index contributed by atoms with van der Waals surface area (Å²) in [6, 6.07) is 0.300. The van der Waals surface area contributed by atoms with Gasteiger partial charge in [-0.2, -0.15) is 0 Å². The lowest BCUT2D eigenvalue weighted by Crippen LogP contribution is -2.40. The van der Waals surface area contributed by atoms with Crippen LogP contribution in [-0.2, 0) is 9.47 Å². The van der Waals surface area contributed by atoms with Crippen molar-refractivity contribution < 1.29 is 9.47 Å². The van der Waals surface area contributed by atoms with Crippen molar-refractivity contribution in [1.82, 2.24) is 0 Å². The topological polar surface area (TPSA) is 44.5 Å². The van der Waals surface area contributed by atoms with Crippen LogP contribution in [0.4, 0.5) is 0 Å². The summed E-state index contributed by atoms with van der Waals surface area (Å²) in [6.07, 6.45) is 8.01. The monoisotopic (exact) mass is 223 g/mol. The molecule has 0 bridgehead atoms. The second-order valence-electron chi connectivity index (χ2n) is 5.47. The highest BCUT2D eigenvalue weighted by atomic mass is 16.6. The zero-order chi connectivity index (χ0) is 11.0. The molecule has 2 aliphatic heterocycles. The van der Waals surface area contributed by atoms with Crippen molar-refractivity contribution in [1.29, 1.82) is 0 Å². The molecule has 3 unspecified atom stereocenters. The predicted octanol–water partition coefficient (Wildman–Crippen LogP) is 1.62. The smallest absolute Gasteiger partial charge is 0.0942 e. The first-order chi connectivity index (χ1) is 7.77. The fourth-order valence-corrected chi connectivity index (χ4v) is 3.32. The van der Waals surface area contributed by atoms with E-state index in [9.17, 15) is 0 Å². The summed E-state index contributed by atoms with van der Waals surface area (Å²) >= 11 is 0. The minimum atomic E-state index is 0.0381. The average Bonchev–Trinajstić information content (AvgIpc) is 2.89. The van der Waals surface area contributed by atoms with Crippen LogP contribution in [0.3, 0.4) is 0 Å². The van der Waals surface area contributed by atoms with Crippen LogP contribution in [0.1, 0.15) is 32.1 Å². The summed E-state index contributed by atoms with van der Waals surface area (Å²) in [5.41, 5.74) is 7.57. The maximum Gasteiger partial charge on any atom is 0.0942 e. The van der Waals surface area contributed by atoms with Crippen molar-refractivity contribution in [2.45, 2.75) is 43.7 Å². The van der Waals surface area contributed by atoms with Crippen LogP contribution in [-0.4, -0.2) is 31.5 Å². The van der Waals surface area contributed by atoms with Crippen LogP contribution in [0.2, 0.25) is 0 Å². The Balaban J connectivity index is 1.70. The fourth-order valence-electron chi connectivity index (χ4n) is 3.32. The van der Waals surface area contributed by atoms with Crippen molar-refractivity contribution in [2.75, 3.05) is 19.8 Å². The molecular weight excluding hydrogens is 202 g/mol. The summed E-state index contributed by atoms with van der Waals surface area (Å²) in [5, 5.41) is 0. The van der Waals surface area contributed by atoms with Crippen molar-refractivity contribution in [3.05, 3.63) is 11.6 Å². The van der Waals surface area contributed by atoms with Crippen molar-refractivity contribution in [2.24, 2.45) is 11.7 Å². The first-order valence-corrected chi connectivity index (χ1v) is 6.45. The number of nitrogens with two attached hydrogens (primary N) is 1. The molecule has 16 heavy (non-hydrogen) atoms. The van der Waals surface area contributed by atoms with E-state index in [1.165, 1.54) is 12.8 Å². The Kier molecular flexibility index (Phi) is 2.78. The van der Waals surface area contributed by atoms with Gasteiger partial charge >= 0.3 is 0 Å². The van der Waals surface area contributed by atoms with Gasteiger partial charge in [-0.25, -0.2) is 0 Å². The van der Waals surface area contributed by atoms with E-state index in [4.69, 9.17) is 15.2 Å². The van der Waals surface area contributed by atoms with Crippen LogP contribution in [0, 0.1) is 5.92 Å². The van der Waals surface area contributed by atoms with Gasteiger partial charge in [0.25, 0.3) is 0 Å². The lowest BCUT2D eigenvalue weighted by Gasteiger charge is -2.37. The van der Waals surface area contributed by atoms with Crippen LogP contribution < -0.4 is 5.73 Å². The summed E-state index contributed by atoms with van der Waals surface area (Å²) in [6.45, 7) is 2.55. The molecule has 0 aromatic rings. The minimum Gasteiger partial charge on any atom is -0.378 e. The Morgan fingerprint density at radius 1 is 1.31 bits per heavy atom. The highest BCUT2D eigenvalue weighted by Gasteiger charge is 2.42. The molecule has 0 amide bonds. The van der Waals surface area contributed by atoms with E-state index < -0.39 is 0 Å². The molecule has 3 atom stereocenters. The Hall–Kier alpha value is -0.380. The van der Waals surface area contributed by atoms with Gasteiger partial charge < -0.3 is 15.2 Å². The molecule has 0 radical (unpaired) electrons. The molecule has 3 nitrogen and oxygen atoms in total. The summed E-state index contributed by atoms with van der Waals surface area (Å²) in [5.74, 6) is 0.698. The number of rotatable bonds is 1. The number of hydrogen-bond donors (Lipinski definition) is 1. The SMILES string of the molecule is NC1C=C(C2CCOC3(CCOC3)C2)CC1. The molecule has 2 N–H and O–H groups in total. The zero-order valence-electron chi connectivity index (χ0n) is 9.78. The summed E-state index contributed by atoms with van der Waals surface area (Å²) < 4.78 is 11.5. The number of ether oxygens (including phenoxy) is 2. The second-order valence-corrected chi connectivity index (χ2v) is 5.47. The third-order valence-electron chi connectivity index (χ3n) is 4.28. The molecule has 1 aliphatic carbocycles. The fraction of sp³-hybridized carbons (Fsp3) is 0.846. The van der Waals surface area contributed by atoms with Crippen LogP contribution >= 0.6 is 0 Å². The molecular formula is C13H21NO2. The lowest BCUT2D eigenvalue weighted by molar-refractivity contribution is -0.0927. The van der Waals surface area contributed by atoms with E-state index in [2.05, 4.69) is 6.08 Å². The van der Waals surface area contributed by atoms with E-state index >= 15 is 0 Å². The van der Waals surface area contributed by atoms with Gasteiger partial charge in [0.1, 0.15) is 0 Å². The van der Waals surface area contributed by atoms with Gasteiger partial charge in [-0.15, -0.1) is 0 Å². The molecule has 3 heteroatoms. The molecule has 2 saturated heterocycles. The first kappa shape index (κ1) is 10.8. The van der Waals surface area contributed by atoms with Crippen molar-refractivity contribution >= 4 is 0 Å². The van der Waals surface area contributed by atoms with E-state index in [0.717, 1.165) is 39.1 Å². The van der Waals surface area contributed by atoms with Gasteiger partial charge in [0, 0.05) is 25.7 Å². The molecule has 1 spiro atoms. The number of hydrogen-bond acceptors (Lipinski definition) is 3.